The third-order valence-electron chi connectivity index (χ3n) is 4.87. The fraction of sp³-hybridized carbons (Fsp3) is 0.160. The molecule has 36 heavy (non-hydrogen) atoms. The first-order valence-corrected chi connectivity index (χ1v) is 12.0. The van der Waals surface area contributed by atoms with Gasteiger partial charge < -0.3 is 14.8 Å². The molecular weight excluding hydrogens is 509 g/mol. The van der Waals surface area contributed by atoms with E-state index in [-0.39, 0.29) is 5.75 Å². The van der Waals surface area contributed by atoms with E-state index in [1.54, 1.807) is 6.21 Å². The van der Waals surface area contributed by atoms with Gasteiger partial charge in [0.25, 0.3) is 5.19 Å². The minimum absolute atomic E-state index is 0.324. The van der Waals surface area contributed by atoms with Crippen LogP contribution in [0.15, 0.2) is 71.8 Å². The zero-order chi connectivity index (χ0) is 25.7. The van der Waals surface area contributed by atoms with Crippen LogP contribution in [0.5, 0.6) is 16.7 Å². The van der Waals surface area contributed by atoms with E-state index in [4.69, 9.17) is 17.0 Å². The van der Waals surface area contributed by atoms with E-state index in [2.05, 4.69) is 45.5 Å². The van der Waals surface area contributed by atoms with Crippen LogP contribution >= 0.6 is 23.6 Å². The maximum Gasteiger partial charge on any atom is 0.573 e. The Morgan fingerprint density at radius 3 is 2.50 bits per heavy atom. The van der Waals surface area contributed by atoms with Crippen molar-refractivity contribution in [2.45, 2.75) is 26.1 Å². The smallest absolute Gasteiger partial charge is 0.431 e. The molecule has 0 spiro atoms. The molecule has 1 heterocycles. The second-order valence-electron chi connectivity index (χ2n) is 7.89. The zero-order valence-electron chi connectivity index (χ0n) is 19.2. The summed E-state index contributed by atoms with van der Waals surface area (Å²) in [5.74, 6) is 0.368. The first-order valence-electron chi connectivity index (χ1n) is 10.8. The Morgan fingerprint density at radius 2 is 1.78 bits per heavy atom. The molecular formula is C25H21F3N4O2S2. The van der Waals surface area contributed by atoms with E-state index in [1.807, 2.05) is 36.4 Å². The highest BCUT2D eigenvalue weighted by Crippen LogP contribution is 2.33. The second kappa shape index (κ2) is 10.9. The van der Waals surface area contributed by atoms with Crippen molar-refractivity contribution in [1.29, 1.82) is 0 Å². The van der Waals surface area contributed by atoms with Crippen molar-refractivity contribution in [3.8, 4) is 16.7 Å². The minimum atomic E-state index is -4.74. The van der Waals surface area contributed by atoms with Gasteiger partial charge in [-0.2, -0.15) is 5.10 Å². The van der Waals surface area contributed by atoms with E-state index in [0.29, 0.717) is 22.0 Å². The van der Waals surface area contributed by atoms with Crippen LogP contribution in [0.3, 0.4) is 0 Å². The summed E-state index contributed by atoms with van der Waals surface area (Å²) < 4.78 is 47.3. The average molecular weight is 531 g/mol. The summed E-state index contributed by atoms with van der Waals surface area (Å²) in [4.78, 5) is 4.40. The monoisotopic (exact) mass is 530 g/mol. The summed E-state index contributed by atoms with van der Waals surface area (Å²) in [5.41, 5.74) is 6.46. The molecule has 0 atom stereocenters. The summed E-state index contributed by atoms with van der Waals surface area (Å²) in [5, 5.41) is 8.11. The van der Waals surface area contributed by atoms with Crippen molar-refractivity contribution in [1.82, 2.24) is 10.4 Å². The van der Waals surface area contributed by atoms with Gasteiger partial charge in [-0.25, -0.2) is 4.98 Å². The molecule has 0 fully saturated rings. The summed E-state index contributed by atoms with van der Waals surface area (Å²) in [6.07, 6.45) is -3.10. The van der Waals surface area contributed by atoms with Crippen LogP contribution in [0.4, 0.5) is 18.9 Å². The number of thiazole rings is 1. The zero-order valence-corrected chi connectivity index (χ0v) is 20.8. The number of hydrogen-bond donors (Lipinski definition) is 2. The Hall–Kier alpha value is -3.70. The number of nitrogens with zero attached hydrogens (tertiary/aromatic N) is 2. The molecule has 0 radical (unpaired) electrons. The van der Waals surface area contributed by atoms with Crippen molar-refractivity contribution in [3.63, 3.8) is 0 Å². The molecule has 0 unspecified atom stereocenters. The number of nitrogens with one attached hydrogen (secondary N) is 2. The summed E-state index contributed by atoms with van der Waals surface area (Å²) in [6, 6.07) is 18.7. The fourth-order valence-corrected chi connectivity index (χ4v) is 4.33. The molecule has 0 bridgehead atoms. The van der Waals surface area contributed by atoms with Crippen molar-refractivity contribution < 1.29 is 22.6 Å². The molecule has 2 N–H and O–H groups in total. The van der Waals surface area contributed by atoms with Crippen LogP contribution in [-0.2, 0) is 0 Å². The number of aromatic nitrogens is 1. The number of thiocarbonyl (C=S) groups is 1. The molecule has 4 aromatic rings. The number of rotatable bonds is 7. The van der Waals surface area contributed by atoms with Crippen molar-refractivity contribution >= 4 is 50.8 Å². The maximum absolute atomic E-state index is 12.3. The highest BCUT2D eigenvalue weighted by molar-refractivity contribution is 7.80. The van der Waals surface area contributed by atoms with Gasteiger partial charge in [-0.1, -0.05) is 49.4 Å². The Labute approximate surface area is 214 Å². The third-order valence-corrected chi connectivity index (χ3v) is 5.96. The van der Waals surface area contributed by atoms with Crippen LogP contribution < -0.4 is 20.2 Å². The maximum atomic E-state index is 12.3. The first-order chi connectivity index (χ1) is 17.2. The lowest BCUT2D eigenvalue weighted by atomic mass is 10.0. The van der Waals surface area contributed by atoms with Gasteiger partial charge in [-0.15, -0.1) is 13.2 Å². The predicted octanol–water partition coefficient (Wildman–Crippen LogP) is 7.43. The van der Waals surface area contributed by atoms with Crippen molar-refractivity contribution in [2.24, 2.45) is 5.10 Å². The molecule has 0 saturated carbocycles. The van der Waals surface area contributed by atoms with E-state index in [9.17, 15) is 13.2 Å². The van der Waals surface area contributed by atoms with Crippen LogP contribution in [0.25, 0.3) is 10.2 Å². The van der Waals surface area contributed by atoms with Gasteiger partial charge in [0.05, 0.1) is 16.4 Å². The number of para-hydroxylation sites is 1. The molecule has 0 aliphatic heterocycles. The van der Waals surface area contributed by atoms with Gasteiger partial charge in [0.1, 0.15) is 11.5 Å². The standard InChI is InChI=1S/C25H21F3N4O2S2/c1-15(2)19-5-3-4-6-20(19)30-23(35)32-29-14-16-7-12-21-22(13-16)36-24(31-21)33-17-8-10-18(11-9-17)34-25(26,27)28/h3-15H,1-2H3,(H2,30,32,35)/b29-14+. The van der Waals surface area contributed by atoms with E-state index in [1.165, 1.54) is 35.6 Å². The highest BCUT2D eigenvalue weighted by atomic mass is 32.1. The average Bonchev–Trinajstić information content (AvgIpc) is 3.21. The molecule has 0 amide bonds. The Kier molecular flexibility index (Phi) is 7.70. The third kappa shape index (κ3) is 6.92. The van der Waals surface area contributed by atoms with Crippen LogP contribution in [0.2, 0.25) is 0 Å². The van der Waals surface area contributed by atoms with Crippen molar-refractivity contribution in [2.75, 3.05) is 5.32 Å². The normalized spacial score (nSPS) is 11.7. The summed E-state index contributed by atoms with van der Waals surface area (Å²) >= 11 is 6.65. The number of halogens is 3. The van der Waals surface area contributed by atoms with E-state index >= 15 is 0 Å². The highest BCUT2D eigenvalue weighted by Gasteiger charge is 2.31. The van der Waals surface area contributed by atoms with Crippen LogP contribution in [0.1, 0.15) is 30.9 Å². The summed E-state index contributed by atoms with van der Waals surface area (Å²) in [7, 11) is 0. The fourth-order valence-electron chi connectivity index (χ4n) is 3.28. The lowest BCUT2D eigenvalue weighted by Crippen LogP contribution is -2.24. The largest absolute Gasteiger partial charge is 0.573 e. The number of hydrazone groups is 1. The molecule has 0 saturated heterocycles. The number of hydrogen-bond acceptors (Lipinski definition) is 6. The van der Waals surface area contributed by atoms with Gasteiger partial charge in [0.2, 0.25) is 0 Å². The molecule has 0 aliphatic carbocycles. The molecule has 1 aromatic heterocycles. The Balaban J connectivity index is 1.37. The molecule has 6 nitrogen and oxygen atoms in total. The van der Waals surface area contributed by atoms with Gasteiger partial charge in [0, 0.05) is 5.69 Å². The number of alkyl halides is 3. The SMILES string of the molecule is CC(C)c1ccccc1NC(=S)N/N=C/c1ccc2nc(Oc3ccc(OC(F)(F)F)cc3)sc2c1. The number of anilines is 1. The molecule has 186 valence electrons. The quantitative estimate of drug-likeness (QED) is 0.147. The first kappa shape index (κ1) is 25.4. The number of ether oxygens (including phenoxy) is 2. The summed E-state index contributed by atoms with van der Waals surface area (Å²) in [6.45, 7) is 4.23. The number of benzene rings is 3. The van der Waals surface area contributed by atoms with E-state index < -0.39 is 6.36 Å². The topological polar surface area (TPSA) is 67.8 Å². The molecule has 3 aromatic carbocycles. The molecule has 11 heteroatoms. The van der Waals surface area contributed by atoms with E-state index in [0.717, 1.165) is 27.0 Å². The van der Waals surface area contributed by atoms with Crippen LogP contribution in [-0.4, -0.2) is 22.7 Å². The Morgan fingerprint density at radius 1 is 1.06 bits per heavy atom. The molecule has 4 rings (SSSR count). The lowest BCUT2D eigenvalue weighted by molar-refractivity contribution is -0.274. The van der Waals surface area contributed by atoms with Gasteiger partial charge >= 0.3 is 6.36 Å². The van der Waals surface area contributed by atoms with Gasteiger partial charge in [-0.05, 0) is 71.7 Å². The minimum Gasteiger partial charge on any atom is -0.431 e. The van der Waals surface area contributed by atoms with Crippen molar-refractivity contribution in [3.05, 3.63) is 77.9 Å². The second-order valence-corrected chi connectivity index (χ2v) is 9.30. The predicted molar refractivity (Wildman–Crippen MR) is 140 cm³/mol. The molecule has 0 aliphatic rings. The van der Waals surface area contributed by atoms with Gasteiger partial charge in [0.15, 0.2) is 5.11 Å². The van der Waals surface area contributed by atoms with Crippen LogP contribution in [0, 0.1) is 0 Å². The Bertz CT molecular complexity index is 1390. The lowest BCUT2D eigenvalue weighted by Gasteiger charge is -2.14. The number of fused-ring (bicyclic) bond motifs is 1. The van der Waals surface area contributed by atoms with Gasteiger partial charge in [-0.3, -0.25) is 5.43 Å².